The fourth-order valence-electron chi connectivity index (χ4n) is 4.67. The second-order valence-electron chi connectivity index (χ2n) is 9.10. The number of furan rings is 1. The van der Waals surface area contributed by atoms with E-state index in [4.69, 9.17) is 9.15 Å². The van der Waals surface area contributed by atoms with E-state index in [1.807, 2.05) is 24.3 Å². The highest BCUT2D eigenvalue weighted by molar-refractivity contribution is 5.86. The van der Waals surface area contributed by atoms with Gasteiger partial charge in [0.05, 0.1) is 19.9 Å². The molecule has 2 heterocycles. The Hall–Kier alpha value is -4.25. The second-order valence-corrected chi connectivity index (χ2v) is 9.10. The lowest BCUT2D eigenvalue weighted by Crippen LogP contribution is -2.24. The monoisotopic (exact) mass is 478 g/mol. The first-order valence-corrected chi connectivity index (χ1v) is 12.2. The zero-order valence-corrected chi connectivity index (χ0v) is 20.6. The number of hydrogen-bond acceptors (Lipinski definition) is 3. The molecule has 0 aliphatic heterocycles. The van der Waals surface area contributed by atoms with E-state index in [-0.39, 0.29) is 11.8 Å². The van der Waals surface area contributed by atoms with Gasteiger partial charge >= 0.3 is 0 Å². The lowest BCUT2D eigenvalue weighted by molar-refractivity contribution is -0.121. The maximum atomic E-state index is 13.1. The van der Waals surface area contributed by atoms with Crippen LogP contribution in [0.3, 0.4) is 0 Å². The van der Waals surface area contributed by atoms with Crippen LogP contribution in [0.5, 0.6) is 5.75 Å². The van der Waals surface area contributed by atoms with Crippen molar-refractivity contribution in [2.75, 3.05) is 7.11 Å². The van der Waals surface area contributed by atoms with E-state index in [0.717, 1.165) is 40.1 Å². The minimum atomic E-state index is -0.0794. The summed E-state index contributed by atoms with van der Waals surface area (Å²) in [6.07, 6.45) is 4.17. The van der Waals surface area contributed by atoms with Crippen molar-refractivity contribution < 1.29 is 13.9 Å². The summed E-state index contributed by atoms with van der Waals surface area (Å²) in [5.74, 6) is 1.50. The Morgan fingerprint density at radius 3 is 2.47 bits per heavy atom. The van der Waals surface area contributed by atoms with Crippen molar-refractivity contribution >= 4 is 16.8 Å². The highest BCUT2D eigenvalue weighted by atomic mass is 16.5. The Morgan fingerprint density at radius 2 is 1.75 bits per heavy atom. The van der Waals surface area contributed by atoms with Crippen LogP contribution < -0.4 is 10.1 Å². The molecule has 5 aromatic rings. The van der Waals surface area contributed by atoms with Gasteiger partial charge in [0.25, 0.3) is 0 Å². The van der Waals surface area contributed by atoms with E-state index >= 15 is 0 Å². The molecule has 1 atom stereocenters. The van der Waals surface area contributed by atoms with Gasteiger partial charge in [0.15, 0.2) is 0 Å². The molecular weight excluding hydrogens is 448 g/mol. The van der Waals surface area contributed by atoms with E-state index in [2.05, 4.69) is 83.7 Å². The fourth-order valence-corrected chi connectivity index (χ4v) is 4.67. The number of fused-ring (bicyclic) bond motifs is 1. The van der Waals surface area contributed by atoms with E-state index in [1.165, 1.54) is 11.1 Å². The summed E-state index contributed by atoms with van der Waals surface area (Å²) in [6, 6.07) is 28.8. The van der Waals surface area contributed by atoms with Crippen LogP contribution in [0.15, 0.2) is 102 Å². The molecular formula is C31H30N2O3. The average Bonchev–Trinajstić information content (AvgIpc) is 3.56. The third-order valence-electron chi connectivity index (χ3n) is 6.62. The SMILES string of the molecule is COc1ccc(Cn2cc([C@@H](CC(=O)NCc3ccco3)c3ccc(C)cc3)c3ccccc32)cc1. The van der Waals surface area contributed by atoms with E-state index in [9.17, 15) is 4.79 Å². The Kier molecular flexibility index (Phi) is 6.89. The number of nitrogens with zero attached hydrogens (tertiary/aromatic N) is 1. The molecule has 1 amide bonds. The van der Waals surface area contributed by atoms with Crippen molar-refractivity contribution in [2.24, 2.45) is 0 Å². The van der Waals surface area contributed by atoms with Gasteiger partial charge < -0.3 is 19.0 Å². The quantitative estimate of drug-likeness (QED) is 0.265. The van der Waals surface area contributed by atoms with Crippen molar-refractivity contribution in [3.05, 3.63) is 125 Å². The third kappa shape index (κ3) is 5.20. The van der Waals surface area contributed by atoms with Crippen LogP contribution in [0.1, 0.15) is 40.4 Å². The van der Waals surface area contributed by atoms with Gasteiger partial charge in [0, 0.05) is 36.0 Å². The maximum absolute atomic E-state index is 13.1. The Balaban J connectivity index is 1.49. The highest BCUT2D eigenvalue weighted by Crippen LogP contribution is 2.35. The summed E-state index contributed by atoms with van der Waals surface area (Å²) in [5.41, 5.74) is 5.81. The molecule has 0 fully saturated rings. The van der Waals surface area contributed by atoms with Gasteiger partial charge in [-0.05, 0) is 53.9 Å². The number of para-hydroxylation sites is 1. The number of amides is 1. The van der Waals surface area contributed by atoms with Gasteiger partial charge in [0.2, 0.25) is 5.91 Å². The number of carbonyl (C=O) groups is 1. The Bertz CT molecular complexity index is 1430. The summed E-state index contributed by atoms with van der Waals surface area (Å²) >= 11 is 0. The molecule has 0 bridgehead atoms. The average molecular weight is 479 g/mol. The molecule has 5 heteroatoms. The van der Waals surface area contributed by atoms with Crippen molar-refractivity contribution in [3.63, 3.8) is 0 Å². The molecule has 5 nitrogen and oxygen atoms in total. The molecule has 2 aromatic heterocycles. The zero-order chi connectivity index (χ0) is 24.9. The highest BCUT2D eigenvalue weighted by Gasteiger charge is 2.23. The first-order chi connectivity index (χ1) is 17.6. The number of ether oxygens (including phenoxy) is 1. The topological polar surface area (TPSA) is 56.4 Å². The largest absolute Gasteiger partial charge is 0.497 e. The molecule has 0 aliphatic rings. The number of nitrogens with one attached hydrogen (secondary N) is 1. The molecule has 0 saturated carbocycles. The predicted molar refractivity (Wildman–Crippen MR) is 142 cm³/mol. The van der Waals surface area contributed by atoms with Gasteiger partial charge in [-0.1, -0.05) is 60.2 Å². The molecule has 0 saturated heterocycles. The summed E-state index contributed by atoms with van der Waals surface area (Å²) in [6.45, 7) is 3.19. The smallest absolute Gasteiger partial charge is 0.221 e. The fraction of sp³-hybridized carbons (Fsp3) is 0.194. The molecule has 36 heavy (non-hydrogen) atoms. The van der Waals surface area contributed by atoms with Crippen molar-refractivity contribution in [1.82, 2.24) is 9.88 Å². The summed E-state index contributed by atoms with van der Waals surface area (Å²) < 4.78 is 13.0. The molecule has 0 aliphatic carbocycles. The number of benzene rings is 3. The van der Waals surface area contributed by atoms with Gasteiger partial charge in [-0.2, -0.15) is 0 Å². The second kappa shape index (κ2) is 10.6. The number of hydrogen-bond donors (Lipinski definition) is 1. The number of carbonyl (C=O) groups excluding carboxylic acids is 1. The van der Waals surface area contributed by atoms with Crippen molar-refractivity contribution in [3.8, 4) is 5.75 Å². The number of aryl methyl sites for hydroxylation is 1. The number of aromatic nitrogens is 1. The van der Waals surface area contributed by atoms with Gasteiger partial charge in [-0.15, -0.1) is 0 Å². The first-order valence-electron chi connectivity index (χ1n) is 12.2. The van der Waals surface area contributed by atoms with Crippen LogP contribution in [0.4, 0.5) is 0 Å². The van der Waals surface area contributed by atoms with Crippen LogP contribution in [0.2, 0.25) is 0 Å². The summed E-state index contributed by atoms with van der Waals surface area (Å²) in [5, 5.41) is 4.18. The number of methoxy groups -OCH3 is 1. The van der Waals surface area contributed by atoms with E-state index in [1.54, 1.807) is 13.4 Å². The Morgan fingerprint density at radius 1 is 0.972 bits per heavy atom. The standard InChI is InChI=1S/C31H30N2O3/c1-22-9-13-24(14-10-22)28(18-31(34)32-19-26-6-5-17-36-26)29-21-33(30-8-4-3-7-27(29)30)20-23-11-15-25(35-2)16-12-23/h3-17,21,28H,18-20H2,1-2H3,(H,32,34)/t28-/m0/s1. The molecule has 3 aromatic carbocycles. The molecule has 5 rings (SSSR count). The zero-order valence-electron chi connectivity index (χ0n) is 20.6. The van der Waals surface area contributed by atoms with E-state index in [0.29, 0.717) is 13.0 Å². The first kappa shape index (κ1) is 23.5. The Labute approximate surface area is 211 Å². The summed E-state index contributed by atoms with van der Waals surface area (Å²) in [4.78, 5) is 13.1. The molecule has 0 radical (unpaired) electrons. The van der Waals surface area contributed by atoms with Crippen molar-refractivity contribution in [1.29, 1.82) is 0 Å². The van der Waals surface area contributed by atoms with Gasteiger partial charge in [-0.3, -0.25) is 4.79 Å². The molecule has 0 spiro atoms. The van der Waals surface area contributed by atoms with Crippen LogP contribution >= 0.6 is 0 Å². The molecule has 182 valence electrons. The molecule has 1 N–H and O–H groups in total. The third-order valence-corrected chi connectivity index (χ3v) is 6.62. The number of rotatable bonds is 9. The molecule has 0 unspecified atom stereocenters. The minimum Gasteiger partial charge on any atom is -0.497 e. The van der Waals surface area contributed by atoms with Gasteiger partial charge in [0.1, 0.15) is 11.5 Å². The van der Waals surface area contributed by atoms with Crippen LogP contribution in [-0.2, 0) is 17.9 Å². The lowest BCUT2D eigenvalue weighted by Gasteiger charge is -2.17. The maximum Gasteiger partial charge on any atom is 0.221 e. The van der Waals surface area contributed by atoms with Crippen molar-refractivity contribution in [2.45, 2.75) is 32.4 Å². The van der Waals surface area contributed by atoms with Crippen LogP contribution in [0.25, 0.3) is 10.9 Å². The van der Waals surface area contributed by atoms with E-state index < -0.39 is 0 Å². The minimum absolute atomic E-state index is 0.0102. The predicted octanol–water partition coefficient (Wildman–Crippen LogP) is 6.44. The van der Waals surface area contributed by atoms with Gasteiger partial charge in [-0.25, -0.2) is 0 Å². The van der Waals surface area contributed by atoms with Crippen LogP contribution in [-0.4, -0.2) is 17.6 Å². The van der Waals surface area contributed by atoms with Crippen LogP contribution in [0, 0.1) is 6.92 Å². The normalized spacial score (nSPS) is 11.9. The lowest BCUT2D eigenvalue weighted by atomic mass is 9.87. The summed E-state index contributed by atoms with van der Waals surface area (Å²) in [7, 11) is 1.68.